The zero-order valence-electron chi connectivity index (χ0n) is 21.7. The Morgan fingerprint density at radius 2 is 1.61 bits per heavy atom. The number of benzene rings is 1. The molecular weight excluding hydrogens is 533 g/mol. The third kappa shape index (κ3) is 10.5. The average Bonchev–Trinajstić information content (AvgIpc) is 2.73. The van der Waals surface area contributed by atoms with Crippen molar-refractivity contribution >= 4 is 28.0 Å². The fourth-order valence-electron chi connectivity index (χ4n) is 3.36. The van der Waals surface area contributed by atoms with Crippen LogP contribution in [0.1, 0.15) is 65.6 Å². The number of alkyl carbamates (subject to hydrolysis) is 1. The van der Waals surface area contributed by atoms with Gasteiger partial charge in [0.2, 0.25) is 0 Å². The van der Waals surface area contributed by atoms with E-state index in [0.29, 0.717) is 31.4 Å². The molecule has 2 aromatic rings. The summed E-state index contributed by atoms with van der Waals surface area (Å²) in [7, 11) is 0. The summed E-state index contributed by atoms with van der Waals surface area (Å²) in [4.78, 5) is 41.6. The van der Waals surface area contributed by atoms with E-state index in [1.165, 1.54) is 23.0 Å². The molecular formula is C26H35BrFN3O5. The second-order valence-corrected chi connectivity index (χ2v) is 11.4. The quantitative estimate of drug-likeness (QED) is 0.430. The van der Waals surface area contributed by atoms with Crippen LogP contribution in [0.2, 0.25) is 0 Å². The van der Waals surface area contributed by atoms with Gasteiger partial charge in [0.1, 0.15) is 28.0 Å². The van der Waals surface area contributed by atoms with Crippen LogP contribution < -0.4 is 10.9 Å². The van der Waals surface area contributed by atoms with Gasteiger partial charge in [0, 0.05) is 6.04 Å². The van der Waals surface area contributed by atoms with Crippen LogP contribution in [0, 0.1) is 5.82 Å². The van der Waals surface area contributed by atoms with E-state index in [1.807, 2.05) is 0 Å². The van der Waals surface area contributed by atoms with E-state index in [-0.39, 0.29) is 22.9 Å². The van der Waals surface area contributed by atoms with Gasteiger partial charge < -0.3 is 14.8 Å². The van der Waals surface area contributed by atoms with Gasteiger partial charge in [0.05, 0.1) is 12.0 Å². The Bertz CT molecular complexity index is 1100. The van der Waals surface area contributed by atoms with Crippen molar-refractivity contribution in [3.63, 3.8) is 0 Å². The second-order valence-electron chi connectivity index (χ2n) is 10.6. The molecule has 0 saturated carbocycles. The minimum absolute atomic E-state index is 0.248. The predicted molar refractivity (Wildman–Crippen MR) is 138 cm³/mol. The summed E-state index contributed by atoms with van der Waals surface area (Å²) < 4.78 is 25.3. The van der Waals surface area contributed by atoms with Gasteiger partial charge in [-0.05, 0) is 101 Å². The molecule has 2 rings (SSSR count). The topological polar surface area (TPSA) is 99.5 Å². The van der Waals surface area contributed by atoms with Gasteiger partial charge in [-0.1, -0.05) is 12.1 Å². The molecule has 1 amide bonds. The first kappa shape index (κ1) is 29.5. The number of esters is 1. The van der Waals surface area contributed by atoms with E-state index in [2.05, 4.69) is 26.2 Å². The standard InChI is InChI=1S/C26H35BrFN3O5/c1-25(2,3)35-21(32)15-31-16-29-20(22(27)23(31)33)14-13-19(30-24(34)36-26(4,5)6)12-9-17-7-10-18(28)11-8-17/h7-8,10-11,16,19H,9,12-15H2,1-6H3,(H,30,34)/t19-/m1/s1. The van der Waals surface area contributed by atoms with Crippen LogP contribution in [-0.4, -0.2) is 38.9 Å². The van der Waals surface area contributed by atoms with Crippen molar-refractivity contribution < 1.29 is 23.5 Å². The Labute approximate surface area is 219 Å². The van der Waals surface area contributed by atoms with Crippen LogP contribution in [-0.2, 0) is 33.7 Å². The number of nitrogens with zero attached hydrogens (tertiary/aromatic N) is 2. The Balaban J connectivity index is 2.10. The number of carbonyl (C=O) groups excluding carboxylic acids is 2. The monoisotopic (exact) mass is 567 g/mol. The van der Waals surface area contributed by atoms with E-state index in [1.54, 1.807) is 53.7 Å². The van der Waals surface area contributed by atoms with Gasteiger partial charge in [0.25, 0.3) is 5.56 Å². The summed E-state index contributed by atoms with van der Waals surface area (Å²) in [6.07, 6.45) is 2.87. The van der Waals surface area contributed by atoms with E-state index < -0.39 is 28.8 Å². The van der Waals surface area contributed by atoms with Crippen LogP contribution in [0.4, 0.5) is 9.18 Å². The number of amides is 1. The molecule has 1 atom stereocenters. The van der Waals surface area contributed by atoms with Gasteiger partial charge in [-0.2, -0.15) is 0 Å². The number of nitrogens with one attached hydrogen (secondary N) is 1. The fraction of sp³-hybridized carbons (Fsp3) is 0.538. The lowest BCUT2D eigenvalue weighted by molar-refractivity contribution is -0.155. The summed E-state index contributed by atoms with van der Waals surface area (Å²) >= 11 is 3.31. The zero-order valence-corrected chi connectivity index (χ0v) is 23.3. The first-order valence-corrected chi connectivity index (χ1v) is 12.6. The first-order valence-electron chi connectivity index (χ1n) is 11.8. The van der Waals surface area contributed by atoms with Gasteiger partial charge in [-0.25, -0.2) is 14.2 Å². The molecule has 0 spiro atoms. The molecule has 8 nitrogen and oxygen atoms in total. The molecule has 0 bridgehead atoms. The third-order valence-electron chi connectivity index (χ3n) is 4.92. The molecule has 0 fully saturated rings. The molecule has 36 heavy (non-hydrogen) atoms. The molecule has 10 heteroatoms. The minimum Gasteiger partial charge on any atom is -0.459 e. The smallest absolute Gasteiger partial charge is 0.407 e. The lowest BCUT2D eigenvalue weighted by Gasteiger charge is -2.24. The van der Waals surface area contributed by atoms with Crippen LogP contribution in [0.5, 0.6) is 0 Å². The highest BCUT2D eigenvalue weighted by Crippen LogP contribution is 2.16. The molecule has 0 unspecified atom stereocenters. The van der Waals surface area contributed by atoms with Gasteiger partial charge in [0.15, 0.2) is 0 Å². The highest BCUT2D eigenvalue weighted by molar-refractivity contribution is 9.10. The lowest BCUT2D eigenvalue weighted by atomic mass is 10.0. The lowest BCUT2D eigenvalue weighted by Crippen LogP contribution is -2.39. The predicted octanol–water partition coefficient (Wildman–Crippen LogP) is 4.95. The number of halogens is 2. The molecule has 1 aromatic carbocycles. The minimum atomic E-state index is -0.657. The summed E-state index contributed by atoms with van der Waals surface area (Å²) in [5, 5.41) is 2.90. The number of carbonyl (C=O) groups is 2. The Hall–Kier alpha value is -2.75. The molecule has 0 radical (unpaired) electrons. The normalized spacial score (nSPS) is 12.7. The molecule has 198 valence electrons. The molecule has 0 aliphatic rings. The molecule has 0 aliphatic carbocycles. The van der Waals surface area contributed by atoms with Crippen molar-refractivity contribution in [2.75, 3.05) is 0 Å². The Kier molecular flexibility index (Phi) is 10.2. The highest BCUT2D eigenvalue weighted by atomic mass is 79.9. The van der Waals surface area contributed by atoms with E-state index in [0.717, 1.165) is 5.56 Å². The molecule has 0 saturated heterocycles. The van der Waals surface area contributed by atoms with Crippen molar-refractivity contribution in [2.45, 2.75) is 91.0 Å². The van der Waals surface area contributed by atoms with Crippen LogP contribution in [0.3, 0.4) is 0 Å². The SMILES string of the molecule is CC(C)(C)OC(=O)Cn1cnc(CC[C@@H](CCc2ccc(F)cc2)NC(=O)OC(C)(C)C)c(Br)c1=O. The number of hydrogen-bond donors (Lipinski definition) is 1. The van der Waals surface area contributed by atoms with Crippen LogP contribution in [0.25, 0.3) is 0 Å². The molecule has 1 aromatic heterocycles. The largest absolute Gasteiger partial charge is 0.459 e. The summed E-state index contributed by atoms with van der Waals surface area (Å²) in [6, 6.07) is 5.95. The van der Waals surface area contributed by atoms with E-state index in [9.17, 15) is 18.8 Å². The van der Waals surface area contributed by atoms with Gasteiger partial charge >= 0.3 is 12.1 Å². The maximum Gasteiger partial charge on any atom is 0.407 e. The summed E-state index contributed by atoms with van der Waals surface area (Å²) in [6.45, 7) is 10.4. The van der Waals surface area contributed by atoms with Crippen molar-refractivity contribution in [1.82, 2.24) is 14.9 Å². The molecule has 1 heterocycles. The summed E-state index contributed by atoms with van der Waals surface area (Å²) in [5.41, 5.74) is -0.243. The Morgan fingerprint density at radius 3 is 2.19 bits per heavy atom. The maximum atomic E-state index is 13.2. The van der Waals surface area contributed by atoms with Gasteiger partial charge in [-0.15, -0.1) is 0 Å². The number of aromatic nitrogens is 2. The second kappa shape index (κ2) is 12.5. The zero-order chi connectivity index (χ0) is 27.1. The van der Waals surface area contributed by atoms with Gasteiger partial charge in [-0.3, -0.25) is 14.2 Å². The van der Waals surface area contributed by atoms with Crippen LogP contribution >= 0.6 is 15.9 Å². The Morgan fingerprint density at radius 1 is 1.03 bits per heavy atom. The number of hydrogen-bond acceptors (Lipinski definition) is 6. The highest BCUT2D eigenvalue weighted by Gasteiger charge is 2.21. The average molecular weight is 568 g/mol. The number of rotatable bonds is 9. The molecule has 0 aliphatic heterocycles. The van der Waals surface area contributed by atoms with Crippen molar-refractivity contribution in [1.29, 1.82) is 0 Å². The number of aryl methyl sites for hydroxylation is 2. The summed E-state index contributed by atoms with van der Waals surface area (Å²) in [5.74, 6) is -0.840. The fourth-order valence-corrected chi connectivity index (χ4v) is 3.89. The van der Waals surface area contributed by atoms with E-state index >= 15 is 0 Å². The van der Waals surface area contributed by atoms with Crippen LogP contribution in [0.15, 0.2) is 39.9 Å². The van der Waals surface area contributed by atoms with Crippen molar-refractivity contribution in [2.24, 2.45) is 0 Å². The maximum absolute atomic E-state index is 13.2. The molecule has 1 N–H and O–H groups in total. The van der Waals surface area contributed by atoms with Crippen molar-refractivity contribution in [3.8, 4) is 0 Å². The number of ether oxygens (including phenoxy) is 2. The first-order chi connectivity index (χ1) is 16.6. The van der Waals surface area contributed by atoms with Crippen molar-refractivity contribution in [3.05, 3.63) is 62.5 Å². The van der Waals surface area contributed by atoms with E-state index in [4.69, 9.17) is 9.47 Å². The third-order valence-corrected chi connectivity index (χ3v) is 5.72.